The van der Waals surface area contributed by atoms with Crippen molar-refractivity contribution in [3.63, 3.8) is 0 Å². The summed E-state index contributed by atoms with van der Waals surface area (Å²) in [7, 11) is -3.16. The van der Waals surface area contributed by atoms with Gasteiger partial charge >= 0.3 is 0 Å². The molecule has 1 aromatic heterocycles. The van der Waals surface area contributed by atoms with Gasteiger partial charge < -0.3 is 4.42 Å². The zero-order valence-electron chi connectivity index (χ0n) is 11.5. The van der Waals surface area contributed by atoms with Gasteiger partial charge in [-0.25, -0.2) is 13.4 Å². The highest BCUT2D eigenvalue weighted by atomic mass is 79.9. The summed E-state index contributed by atoms with van der Waals surface area (Å²) in [6, 6.07) is 7.62. The smallest absolute Gasteiger partial charge is 0.210 e. The Kier molecular flexibility index (Phi) is 4.17. The van der Waals surface area contributed by atoms with Gasteiger partial charge in [0.1, 0.15) is 5.75 Å². The summed E-state index contributed by atoms with van der Waals surface area (Å²) in [5.74, 6) is 0.744. The molecule has 112 valence electrons. The molecule has 1 fully saturated rings. The number of hydrogen-bond donors (Lipinski definition) is 0. The molecule has 1 aliphatic rings. The van der Waals surface area contributed by atoms with Crippen LogP contribution in [-0.4, -0.2) is 18.7 Å². The second kappa shape index (κ2) is 5.93. The molecule has 6 heteroatoms. The standard InChI is InChI=1S/C15H16BrNO3S/c16-13-8-4-3-7-12(13)14-9-17-15(20-14)10-21(18,19)11-5-1-2-6-11/h3-4,7-9,11H,1-2,5-6,10H2. The molecule has 0 bridgehead atoms. The molecule has 2 aromatic rings. The van der Waals surface area contributed by atoms with Gasteiger partial charge in [0.05, 0.1) is 11.4 Å². The van der Waals surface area contributed by atoms with E-state index in [1.54, 1.807) is 6.20 Å². The van der Waals surface area contributed by atoms with E-state index in [1.165, 1.54) is 0 Å². The second-order valence-corrected chi connectivity index (χ2v) is 8.45. The van der Waals surface area contributed by atoms with Crippen molar-refractivity contribution in [3.05, 3.63) is 40.8 Å². The van der Waals surface area contributed by atoms with E-state index < -0.39 is 9.84 Å². The molecule has 21 heavy (non-hydrogen) atoms. The van der Waals surface area contributed by atoms with Crippen LogP contribution >= 0.6 is 15.9 Å². The Morgan fingerprint density at radius 3 is 2.67 bits per heavy atom. The molecule has 0 aliphatic heterocycles. The van der Waals surface area contributed by atoms with E-state index in [1.807, 2.05) is 24.3 Å². The van der Waals surface area contributed by atoms with E-state index in [0.717, 1.165) is 35.7 Å². The van der Waals surface area contributed by atoms with Gasteiger partial charge in [0.15, 0.2) is 15.6 Å². The third-order valence-electron chi connectivity index (χ3n) is 3.83. The molecule has 0 amide bonds. The number of halogens is 1. The molecule has 1 aliphatic carbocycles. The lowest BCUT2D eigenvalue weighted by atomic mass is 10.2. The first-order chi connectivity index (χ1) is 10.1. The van der Waals surface area contributed by atoms with Crippen molar-refractivity contribution in [2.45, 2.75) is 36.7 Å². The minimum absolute atomic E-state index is 0.109. The summed E-state index contributed by atoms with van der Waals surface area (Å²) in [6.45, 7) is 0. The Morgan fingerprint density at radius 1 is 1.24 bits per heavy atom. The Balaban J connectivity index is 1.81. The quantitative estimate of drug-likeness (QED) is 0.817. The molecule has 0 spiro atoms. The number of oxazole rings is 1. The lowest BCUT2D eigenvalue weighted by molar-refractivity contribution is 0.515. The van der Waals surface area contributed by atoms with Crippen LogP contribution in [0, 0.1) is 0 Å². The molecule has 3 rings (SSSR count). The van der Waals surface area contributed by atoms with Crippen LogP contribution in [0.25, 0.3) is 11.3 Å². The van der Waals surface area contributed by atoms with Gasteiger partial charge in [-0.05, 0) is 18.9 Å². The third-order valence-corrected chi connectivity index (χ3v) is 6.66. The Morgan fingerprint density at radius 2 is 1.95 bits per heavy atom. The maximum atomic E-state index is 12.3. The molecule has 0 N–H and O–H groups in total. The second-order valence-electron chi connectivity index (χ2n) is 5.31. The van der Waals surface area contributed by atoms with Crippen molar-refractivity contribution < 1.29 is 12.8 Å². The molecule has 1 aromatic carbocycles. The Bertz CT molecular complexity index is 733. The molecule has 1 heterocycles. The molecule has 0 unspecified atom stereocenters. The van der Waals surface area contributed by atoms with Crippen molar-refractivity contribution in [2.75, 3.05) is 0 Å². The average Bonchev–Trinajstić information content (AvgIpc) is 3.10. The van der Waals surface area contributed by atoms with Gasteiger partial charge in [-0.2, -0.15) is 0 Å². The van der Waals surface area contributed by atoms with E-state index in [4.69, 9.17) is 4.42 Å². The van der Waals surface area contributed by atoms with E-state index >= 15 is 0 Å². The zero-order valence-corrected chi connectivity index (χ0v) is 13.9. The molecular formula is C15H16BrNO3S. The van der Waals surface area contributed by atoms with E-state index in [0.29, 0.717) is 5.76 Å². The highest BCUT2D eigenvalue weighted by Gasteiger charge is 2.30. The van der Waals surface area contributed by atoms with Crippen LogP contribution < -0.4 is 0 Å². The van der Waals surface area contributed by atoms with Crippen LogP contribution in [0.5, 0.6) is 0 Å². The third kappa shape index (κ3) is 3.21. The molecular weight excluding hydrogens is 354 g/mol. The number of benzene rings is 1. The minimum atomic E-state index is -3.16. The summed E-state index contributed by atoms with van der Waals surface area (Å²) < 4.78 is 31.1. The van der Waals surface area contributed by atoms with Gasteiger partial charge in [-0.3, -0.25) is 0 Å². The van der Waals surface area contributed by atoms with Crippen LogP contribution in [0.4, 0.5) is 0 Å². The topological polar surface area (TPSA) is 60.2 Å². The maximum Gasteiger partial charge on any atom is 0.210 e. The average molecular weight is 370 g/mol. The van der Waals surface area contributed by atoms with E-state index in [-0.39, 0.29) is 16.9 Å². The highest BCUT2D eigenvalue weighted by Crippen LogP contribution is 2.30. The highest BCUT2D eigenvalue weighted by molar-refractivity contribution is 9.10. The number of rotatable bonds is 4. The maximum absolute atomic E-state index is 12.3. The predicted molar refractivity (Wildman–Crippen MR) is 84.5 cm³/mol. The van der Waals surface area contributed by atoms with Gasteiger partial charge in [0.2, 0.25) is 5.89 Å². The summed E-state index contributed by atoms with van der Waals surface area (Å²) in [5, 5.41) is -0.226. The SMILES string of the molecule is O=S(=O)(Cc1ncc(-c2ccccc2Br)o1)C1CCCC1. The van der Waals surface area contributed by atoms with E-state index in [9.17, 15) is 8.42 Å². The fraction of sp³-hybridized carbons (Fsp3) is 0.400. The van der Waals surface area contributed by atoms with Gasteiger partial charge in [0, 0.05) is 10.0 Å². The summed E-state index contributed by atoms with van der Waals surface area (Å²) in [5.41, 5.74) is 0.870. The number of hydrogen-bond acceptors (Lipinski definition) is 4. The largest absolute Gasteiger partial charge is 0.440 e. The van der Waals surface area contributed by atoms with Crippen molar-refractivity contribution in [1.29, 1.82) is 0 Å². The monoisotopic (exact) mass is 369 g/mol. The normalized spacial score (nSPS) is 16.4. The molecule has 4 nitrogen and oxygen atoms in total. The zero-order chi connectivity index (χ0) is 14.9. The molecule has 0 saturated heterocycles. The fourth-order valence-electron chi connectivity index (χ4n) is 2.70. The number of aromatic nitrogens is 1. The van der Waals surface area contributed by atoms with Crippen LogP contribution in [0.3, 0.4) is 0 Å². The van der Waals surface area contributed by atoms with Crippen LogP contribution in [-0.2, 0) is 15.6 Å². The van der Waals surface area contributed by atoms with Crippen molar-refractivity contribution in [3.8, 4) is 11.3 Å². The first-order valence-electron chi connectivity index (χ1n) is 6.97. The minimum Gasteiger partial charge on any atom is -0.440 e. The summed E-state index contributed by atoms with van der Waals surface area (Å²) in [6.07, 6.45) is 5.11. The molecule has 1 saturated carbocycles. The van der Waals surface area contributed by atoms with Gasteiger partial charge in [-0.15, -0.1) is 0 Å². The van der Waals surface area contributed by atoms with Crippen LogP contribution in [0.15, 0.2) is 39.4 Å². The van der Waals surface area contributed by atoms with Gasteiger partial charge in [0.25, 0.3) is 0 Å². The summed E-state index contributed by atoms with van der Waals surface area (Å²) >= 11 is 3.45. The summed E-state index contributed by atoms with van der Waals surface area (Å²) in [4.78, 5) is 4.12. The molecule has 0 radical (unpaired) electrons. The lowest BCUT2D eigenvalue weighted by Gasteiger charge is -2.08. The van der Waals surface area contributed by atoms with Crippen LogP contribution in [0.1, 0.15) is 31.6 Å². The van der Waals surface area contributed by atoms with E-state index in [2.05, 4.69) is 20.9 Å². The Labute approximate surface area is 132 Å². The first kappa shape index (κ1) is 14.8. The number of sulfone groups is 1. The lowest BCUT2D eigenvalue weighted by Crippen LogP contribution is -2.19. The van der Waals surface area contributed by atoms with Crippen molar-refractivity contribution >= 4 is 25.8 Å². The fourth-order valence-corrected chi connectivity index (χ4v) is 4.95. The first-order valence-corrected chi connectivity index (χ1v) is 9.48. The van der Waals surface area contributed by atoms with Crippen molar-refractivity contribution in [2.24, 2.45) is 0 Å². The molecule has 0 atom stereocenters. The van der Waals surface area contributed by atoms with Crippen molar-refractivity contribution in [1.82, 2.24) is 4.98 Å². The Hall–Kier alpha value is -1.14. The predicted octanol–water partition coefficient (Wildman–Crippen LogP) is 3.96. The number of nitrogens with zero attached hydrogens (tertiary/aromatic N) is 1. The van der Waals surface area contributed by atoms with Gasteiger partial charge in [-0.1, -0.05) is 47.0 Å². The van der Waals surface area contributed by atoms with Crippen LogP contribution in [0.2, 0.25) is 0 Å².